The van der Waals surface area contributed by atoms with E-state index in [4.69, 9.17) is 16.3 Å². The minimum Gasteiger partial charge on any atom is -0.496 e. The number of hydrogen-bond acceptors (Lipinski definition) is 2. The third kappa shape index (κ3) is 2.67. The largest absolute Gasteiger partial charge is 0.496 e. The van der Waals surface area contributed by atoms with Crippen LogP contribution in [0.3, 0.4) is 0 Å². The summed E-state index contributed by atoms with van der Waals surface area (Å²) in [5.74, 6) is 0.475. The molecule has 0 amide bonds. The van der Waals surface area contributed by atoms with Crippen molar-refractivity contribution >= 4 is 40.0 Å². The molecule has 0 unspecified atom stereocenters. The van der Waals surface area contributed by atoms with E-state index in [2.05, 4.69) is 22.6 Å². The summed E-state index contributed by atoms with van der Waals surface area (Å²) in [6, 6.07) is 12.4. The Morgan fingerprint density at radius 3 is 2.61 bits per heavy atom. The molecule has 0 atom stereocenters. The maximum absolute atomic E-state index is 12.3. The highest BCUT2D eigenvalue weighted by atomic mass is 127. The molecule has 0 saturated carbocycles. The van der Waals surface area contributed by atoms with Crippen molar-refractivity contribution in [1.82, 2.24) is 0 Å². The molecule has 0 heterocycles. The molecule has 0 bridgehead atoms. The molecule has 0 aromatic heterocycles. The number of methoxy groups -OCH3 is 1. The molecule has 0 saturated heterocycles. The molecule has 18 heavy (non-hydrogen) atoms. The van der Waals surface area contributed by atoms with Gasteiger partial charge >= 0.3 is 0 Å². The Labute approximate surface area is 124 Å². The molecule has 0 aliphatic carbocycles. The average Bonchev–Trinajstić information content (AvgIpc) is 2.41. The van der Waals surface area contributed by atoms with Gasteiger partial charge in [0.2, 0.25) is 0 Å². The number of hydrogen-bond donors (Lipinski definition) is 0. The minimum absolute atomic E-state index is 0.0919. The van der Waals surface area contributed by atoms with Crippen molar-refractivity contribution in [2.24, 2.45) is 0 Å². The van der Waals surface area contributed by atoms with Crippen LogP contribution in [0.5, 0.6) is 5.75 Å². The van der Waals surface area contributed by atoms with Crippen LogP contribution in [-0.4, -0.2) is 12.9 Å². The summed E-state index contributed by atoms with van der Waals surface area (Å²) in [5.41, 5.74) is 1.10. The highest BCUT2D eigenvalue weighted by Crippen LogP contribution is 2.24. The molecule has 0 aliphatic rings. The Hall–Kier alpha value is -1.07. The number of carbonyl (C=O) groups is 1. The van der Waals surface area contributed by atoms with Gasteiger partial charge in [-0.1, -0.05) is 23.7 Å². The molecule has 2 aromatic rings. The van der Waals surface area contributed by atoms with E-state index in [9.17, 15) is 4.79 Å². The predicted molar refractivity (Wildman–Crippen MR) is 80.6 cm³/mol. The molecule has 0 aliphatic heterocycles. The highest BCUT2D eigenvalue weighted by molar-refractivity contribution is 14.1. The Morgan fingerprint density at radius 2 is 1.94 bits per heavy atom. The molecular weight excluding hydrogens is 363 g/mol. The number of ketones is 1. The number of carbonyl (C=O) groups excluding carboxylic acids is 1. The van der Waals surface area contributed by atoms with E-state index < -0.39 is 0 Å². The van der Waals surface area contributed by atoms with Gasteiger partial charge in [0, 0.05) is 9.13 Å². The van der Waals surface area contributed by atoms with Crippen LogP contribution >= 0.6 is 34.2 Å². The van der Waals surface area contributed by atoms with Gasteiger partial charge in [-0.15, -0.1) is 0 Å². The van der Waals surface area contributed by atoms with Crippen molar-refractivity contribution in [3.63, 3.8) is 0 Å². The van der Waals surface area contributed by atoms with E-state index in [1.54, 1.807) is 31.4 Å². The first-order chi connectivity index (χ1) is 8.63. The Balaban J connectivity index is 2.44. The van der Waals surface area contributed by atoms with Gasteiger partial charge in [0.15, 0.2) is 5.78 Å². The monoisotopic (exact) mass is 372 g/mol. The van der Waals surface area contributed by atoms with Crippen LogP contribution in [0.25, 0.3) is 0 Å². The summed E-state index contributed by atoms with van der Waals surface area (Å²) in [4.78, 5) is 12.3. The number of benzene rings is 2. The van der Waals surface area contributed by atoms with Gasteiger partial charge in [-0.2, -0.15) is 0 Å². The summed E-state index contributed by atoms with van der Waals surface area (Å²) >= 11 is 8.15. The fraction of sp³-hybridized carbons (Fsp3) is 0.0714. The first kappa shape index (κ1) is 13.4. The minimum atomic E-state index is -0.0919. The van der Waals surface area contributed by atoms with Crippen molar-refractivity contribution < 1.29 is 9.53 Å². The molecule has 92 valence electrons. The molecule has 2 nitrogen and oxygen atoms in total. The predicted octanol–water partition coefficient (Wildman–Crippen LogP) is 4.18. The molecule has 2 aromatic carbocycles. The Morgan fingerprint density at radius 1 is 1.22 bits per heavy atom. The molecule has 0 radical (unpaired) electrons. The van der Waals surface area contributed by atoms with E-state index in [0.29, 0.717) is 21.9 Å². The second-order valence-electron chi connectivity index (χ2n) is 3.66. The van der Waals surface area contributed by atoms with E-state index in [0.717, 1.165) is 3.57 Å². The lowest BCUT2D eigenvalue weighted by Crippen LogP contribution is -2.04. The van der Waals surface area contributed by atoms with Crippen LogP contribution in [0, 0.1) is 3.57 Å². The molecule has 0 fully saturated rings. The van der Waals surface area contributed by atoms with Crippen LogP contribution in [-0.2, 0) is 0 Å². The second kappa shape index (κ2) is 5.71. The highest BCUT2D eigenvalue weighted by Gasteiger charge is 2.14. The number of para-hydroxylation sites is 1. The number of halogens is 2. The van der Waals surface area contributed by atoms with Gasteiger partial charge < -0.3 is 4.74 Å². The Kier molecular flexibility index (Phi) is 4.24. The Bertz CT molecular complexity index is 596. The van der Waals surface area contributed by atoms with Crippen LogP contribution < -0.4 is 4.74 Å². The molecular formula is C14H10ClIO2. The fourth-order valence-corrected chi connectivity index (χ4v) is 2.14. The number of ether oxygens (including phenoxy) is 1. The normalized spacial score (nSPS) is 10.2. The number of rotatable bonds is 3. The maximum atomic E-state index is 12.3. The quantitative estimate of drug-likeness (QED) is 0.597. The summed E-state index contributed by atoms with van der Waals surface area (Å²) in [5, 5.41) is 0.580. The third-order valence-corrected chi connectivity index (χ3v) is 4.11. The van der Waals surface area contributed by atoms with Crippen LogP contribution in [0.4, 0.5) is 0 Å². The van der Waals surface area contributed by atoms with Crippen LogP contribution in [0.15, 0.2) is 42.5 Å². The van der Waals surface area contributed by atoms with E-state index in [-0.39, 0.29) is 5.78 Å². The van der Waals surface area contributed by atoms with Gasteiger partial charge in [0.1, 0.15) is 5.75 Å². The summed E-state index contributed by atoms with van der Waals surface area (Å²) in [6.07, 6.45) is 0. The second-order valence-corrected chi connectivity index (χ2v) is 5.23. The first-order valence-electron chi connectivity index (χ1n) is 5.26. The summed E-state index contributed by atoms with van der Waals surface area (Å²) in [6.45, 7) is 0. The van der Waals surface area contributed by atoms with Gasteiger partial charge in [-0.3, -0.25) is 4.79 Å². The van der Waals surface area contributed by atoms with Gasteiger partial charge in [-0.25, -0.2) is 0 Å². The smallest absolute Gasteiger partial charge is 0.196 e. The molecule has 0 N–H and O–H groups in total. The lowest BCUT2D eigenvalue weighted by atomic mass is 10.0. The van der Waals surface area contributed by atoms with Crippen molar-refractivity contribution in [2.45, 2.75) is 0 Å². The lowest BCUT2D eigenvalue weighted by molar-refractivity contribution is 0.103. The van der Waals surface area contributed by atoms with Crippen LogP contribution in [0.1, 0.15) is 15.9 Å². The summed E-state index contributed by atoms with van der Waals surface area (Å²) < 4.78 is 6.11. The molecule has 2 rings (SSSR count). The molecule has 4 heteroatoms. The SMILES string of the molecule is COc1ccccc1C(=O)c1ccc(I)c(Cl)c1. The standard InChI is InChI=1S/C14H10ClIO2/c1-18-13-5-3-2-4-10(13)14(17)9-6-7-12(16)11(15)8-9/h2-8H,1H3. The van der Waals surface area contributed by atoms with E-state index >= 15 is 0 Å². The average molecular weight is 373 g/mol. The van der Waals surface area contributed by atoms with Crippen molar-refractivity contribution in [1.29, 1.82) is 0 Å². The summed E-state index contributed by atoms with van der Waals surface area (Å²) in [7, 11) is 1.55. The first-order valence-corrected chi connectivity index (χ1v) is 6.72. The van der Waals surface area contributed by atoms with Crippen molar-refractivity contribution in [3.8, 4) is 5.75 Å². The zero-order valence-electron chi connectivity index (χ0n) is 9.61. The third-order valence-electron chi connectivity index (χ3n) is 2.53. The topological polar surface area (TPSA) is 26.3 Å². The van der Waals surface area contributed by atoms with Gasteiger partial charge in [0.05, 0.1) is 17.7 Å². The van der Waals surface area contributed by atoms with E-state index in [1.165, 1.54) is 0 Å². The lowest BCUT2D eigenvalue weighted by Gasteiger charge is -2.07. The zero-order valence-corrected chi connectivity index (χ0v) is 12.5. The van der Waals surface area contributed by atoms with Gasteiger partial charge in [0.25, 0.3) is 0 Å². The van der Waals surface area contributed by atoms with Gasteiger partial charge in [-0.05, 0) is 52.9 Å². The van der Waals surface area contributed by atoms with Crippen molar-refractivity contribution in [2.75, 3.05) is 7.11 Å². The fourth-order valence-electron chi connectivity index (χ4n) is 1.63. The maximum Gasteiger partial charge on any atom is 0.196 e. The van der Waals surface area contributed by atoms with E-state index in [1.807, 2.05) is 18.2 Å². The zero-order chi connectivity index (χ0) is 13.1. The van der Waals surface area contributed by atoms with Crippen molar-refractivity contribution in [3.05, 3.63) is 62.2 Å². The van der Waals surface area contributed by atoms with Crippen LogP contribution in [0.2, 0.25) is 5.02 Å². The molecule has 0 spiro atoms.